The molecular formula is C18H22N2O2. The van der Waals surface area contributed by atoms with Gasteiger partial charge >= 0.3 is 0 Å². The van der Waals surface area contributed by atoms with Crippen LogP contribution in [0.4, 0.5) is 11.4 Å². The topological polar surface area (TPSA) is 41.6 Å². The molecule has 0 bridgehead atoms. The monoisotopic (exact) mass is 298 g/mol. The van der Waals surface area contributed by atoms with Gasteiger partial charge in [0.25, 0.3) is 0 Å². The number of para-hydroxylation sites is 3. The molecule has 0 saturated carbocycles. The maximum absolute atomic E-state index is 12.4. The van der Waals surface area contributed by atoms with E-state index in [9.17, 15) is 4.79 Å². The van der Waals surface area contributed by atoms with Crippen LogP contribution in [0.25, 0.3) is 0 Å². The molecule has 0 radical (unpaired) electrons. The number of nitrogens with one attached hydrogen (secondary N) is 1. The summed E-state index contributed by atoms with van der Waals surface area (Å²) in [6, 6.07) is 17.3. The molecule has 0 aliphatic rings. The predicted molar refractivity (Wildman–Crippen MR) is 90.6 cm³/mol. The van der Waals surface area contributed by atoms with Crippen LogP contribution >= 0.6 is 0 Å². The number of carbonyl (C=O) groups excluding carboxylic acids is 1. The summed E-state index contributed by atoms with van der Waals surface area (Å²) in [6.07, 6.45) is 0. The molecule has 1 amide bonds. The van der Waals surface area contributed by atoms with E-state index in [1.54, 1.807) is 4.90 Å². The summed E-state index contributed by atoms with van der Waals surface area (Å²) >= 11 is 0. The van der Waals surface area contributed by atoms with Crippen LogP contribution in [0.5, 0.6) is 5.75 Å². The van der Waals surface area contributed by atoms with E-state index < -0.39 is 0 Å². The lowest BCUT2D eigenvalue weighted by Crippen LogP contribution is -2.35. The Morgan fingerprint density at radius 3 is 2.41 bits per heavy atom. The van der Waals surface area contributed by atoms with Gasteiger partial charge < -0.3 is 15.0 Å². The van der Waals surface area contributed by atoms with E-state index in [1.165, 1.54) is 0 Å². The molecule has 0 aromatic heterocycles. The molecule has 0 aliphatic heterocycles. The molecule has 0 atom stereocenters. The summed E-state index contributed by atoms with van der Waals surface area (Å²) in [5.41, 5.74) is 1.75. The van der Waals surface area contributed by atoms with Gasteiger partial charge in [-0.05, 0) is 38.1 Å². The molecule has 4 heteroatoms. The minimum atomic E-state index is 0.0278. The number of rotatable bonds is 7. The van der Waals surface area contributed by atoms with E-state index in [1.807, 2.05) is 68.4 Å². The lowest BCUT2D eigenvalue weighted by molar-refractivity contribution is -0.116. The van der Waals surface area contributed by atoms with Crippen LogP contribution < -0.4 is 15.0 Å². The molecule has 2 rings (SSSR count). The number of nitrogens with zero attached hydrogens (tertiary/aromatic N) is 1. The van der Waals surface area contributed by atoms with Gasteiger partial charge in [-0.25, -0.2) is 0 Å². The van der Waals surface area contributed by atoms with Gasteiger partial charge in [-0.2, -0.15) is 0 Å². The number of ether oxygens (including phenoxy) is 1. The third-order valence-corrected chi connectivity index (χ3v) is 3.30. The molecule has 4 nitrogen and oxygen atoms in total. The molecule has 2 aromatic carbocycles. The maximum Gasteiger partial charge on any atom is 0.246 e. The molecule has 22 heavy (non-hydrogen) atoms. The van der Waals surface area contributed by atoms with Crippen molar-refractivity contribution in [1.29, 1.82) is 0 Å². The van der Waals surface area contributed by atoms with Crippen molar-refractivity contribution in [3.63, 3.8) is 0 Å². The summed E-state index contributed by atoms with van der Waals surface area (Å²) in [6.45, 7) is 5.37. The van der Waals surface area contributed by atoms with Crippen LogP contribution in [0, 0.1) is 0 Å². The van der Waals surface area contributed by atoms with E-state index >= 15 is 0 Å². The molecular weight excluding hydrogens is 276 g/mol. The number of likely N-dealkylation sites (N-methyl/N-ethyl adjacent to an activating group) is 1. The zero-order valence-electron chi connectivity index (χ0n) is 13.1. The van der Waals surface area contributed by atoms with Gasteiger partial charge in [-0.15, -0.1) is 0 Å². The molecule has 0 unspecified atom stereocenters. The molecule has 0 saturated heterocycles. The van der Waals surface area contributed by atoms with Crippen LogP contribution in [-0.2, 0) is 4.79 Å². The van der Waals surface area contributed by atoms with Gasteiger partial charge in [-0.3, -0.25) is 4.79 Å². The molecule has 2 aromatic rings. The first-order chi connectivity index (χ1) is 10.8. The van der Waals surface area contributed by atoms with Crippen LogP contribution in [-0.4, -0.2) is 25.6 Å². The molecule has 0 spiro atoms. The summed E-state index contributed by atoms with van der Waals surface area (Å²) in [4.78, 5) is 14.2. The zero-order valence-corrected chi connectivity index (χ0v) is 13.1. The van der Waals surface area contributed by atoms with Crippen molar-refractivity contribution in [2.45, 2.75) is 13.8 Å². The van der Waals surface area contributed by atoms with Gasteiger partial charge in [0.1, 0.15) is 5.75 Å². The Balaban J connectivity index is 2.03. The molecule has 0 aliphatic carbocycles. The number of anilines is 2. The highest BCUT2D eigenvalue weighted by Crippen LogP contribution is 2.23. The minimum absolute atomic E-state index is 0.0278. The molecule has 1 N–H and O–H groups in total. The second-order valence-electron chi connectivity index (χ2n) is 4.76. The van der Waals surface area contributed by atoms with E-state index in [2.05, 4.69) is 5.32 Å². The fourth-order valence-electron chi connectivity index (χ4n) is 2.27. The van der Waals surface area contributed by atoms with Gasteiger partial charge in [0.05, 0.1) is 18.8 Å². The second-order valence-corrected chi connectivity index (χ2v) is 4.76. The Kier molecular flexibility index (Phi) is 5.83. The Bertz CT molecular complexity index is 599. The lowest BCUT2D eigenvalue weighted by Gasteiger charge is -2.22. The Labute approximate surface area is 131 Å². The number of carbonyl (C=O) groups is 1. The fourth-order valence-corrected chi connectivity index (χ4v) is 2.27. The Hall–Kier alpha value is -2.49. The fraction of sp³-hybridized carbons (Fsp3) is 0.278. The number of benzene rings is 2. The number of hydrogen-bond acceptors (Lipinski definition) is 3. The highest BCUT2D eigenvalue weighted by molar-refractivity contribution is 5.96. The van der Waals surface area contributed by atoms with Crippen molar-refractivity contribution in [3.8, 4) is 5.75 Å². The van der Waals surface area contributed by atoms with Crippen LogP contribution in [0.3, 0.4) is 0 Å². The average Bonchev–Trinajstić information content (AvgIpc) is 2.56. The van der Waals surface area contributed by atoms with E-state index in [4.69, 9.17) is 4.74 Å². The standard InChI is InChI=1S/C18H22N2O2/c1-3-20(15-10-6-5-7-11-15)18(21)14-19-16-12-8-9-13-17(16)22-4-2/h5-13,19H,3-4,14H2,1-2H3. The van der Waals surface area contributed by atoms with Gasteiger partial charge in [0.15, 0.2) is 0 Å². The molecule has 0 fully saturated rings. The third-order valence-electron chi connectivity index (χ3n) is 3.30. The number of amides is 1. The lowest BCUT2D eigenvalue weighted by atomic mass is 10.2. The van der Waals surface area contributed by atoms with Gasteiger partial charge in [0, 0.05) is 12.2 Å². The van der Waals surface area contributed by atoms with Crippen LogP contribution in [0.1, 0.15) is 13.8 Å². The molecule has 0 heterocycles. The quantitative estimate of drug-likeness (QED) is 0.850. The minimum Gasteiger partial charge on any atom is -0.492 e. The van der Waals surface area contributed by atoms with E-state index in [0.29, 0.717) is 13.2 Å². The Morgan fingerprint density at radius 1 is 1.05 bits per heavy atom. The van der Waals surface area contributed by atoms with Crippen LogP contribution in [0.2, 0.25) is 0 Å². The van der Waals surface area contributed by atoms with Gasteiger partial charge in [0.2, 0.25) is 5.91 Å². The zero-order chi connectivity index (χ0) is 15.8. The van der Waals surface area contributed by atoms with Crippen LogP contribution in [0.15, 0.2) is 54.6 Å². The van der Waals surface area contributed by atoms with Gasteiger partial charge in [-0.1, -0.05) is 30.3 Å². The Morgan fingerprint density at radius 2 is 1.73 bits per heavy atom. The smallest absolute Gasteiger partial charge is 0.246 e. The SMILES string of the molecule is CCOc1ccccc1NCC(=O)N(CC)c1ccccc1. The molecule has 116 valence electrons. The van der Waals surface area contributed by atoms with Crippen molar-refractivity contribution < 1.29 is 9.53 Å². The summed E-state index contributed by atoms with van der Waals surface area (Å²) in [5, 5.41) is 3.17. The van der Waals surface area contributed by atoms with E-state index in [-0.39, 0.29) is 12.5 Å². The maximum atomic E-state index is 12.4. The normalized spacial score (nSPS) is 10.1. The van der Waals surface area contributed by atoms with Crippen molar-refractivity contribution >= 4 is 17.3 Å². The van der Waals surface area contributed by atoms with Crippen molar-refractivity contribution in [2.75, 3.05) is 29.9 Å². The number of hydrogen-bond donors (Lipinski definition) is 1. The summed E-state index contributed by atoms with van der Waals surface area (Å²) < 4.78 is 5.55. The second kappa shape index (κ2) is 8.08. The highest BCUT2D eigenvalue weighted by Gasteiger charge is 2.13. The highest BCUT2D eigenvalue weighted by atomic mass is 16.5. The third kappa shape index (κ3) is 4.01. The van der Waals surface area contributed by atoms with Crippen molar-refractivity contribution in [3.05, 3.63) is 54.6 Å². The largest absolute Gasteiger partial charge is 0.492 e. The van der Waals surface area contributed by atoms with Crippen molar-refractivity contribution in [1.82, 2.24) is 0 Å². The predicted octanol–water partition coefficient (Wildman–Crippen LogP) is 3.55. The first-order valence-corrected chi connectivity index (χ1v) is 7.57. The summed E-state index contributed by atoms with van der Waals surface area (Å²) in [5.74, 6) is 0.792. The first-order valence-electron chi connectivity index (χ1n) is 7.57. The van der Waals surface area contributed by atoms with E-state index in [0.717, 1.165) is 17.1 Å². The summed E-state index contributed by atoms with van der Waals surface area (Å²) in [7, 11) is 0. The average molecular weight is 298 g/mol. The first kappa shape index (κ1) is 15.9. The van der Waals surface area contributed by atoms with Crippen molar-refractivity contribution in [2.24, 2.45) is 0 Å².